The summed E-state index contributed by atoms with van der Waals surface area (Å²) in [6.07, 6.45) is 0.294. The third kappa shape index (κ3) is 9.82. The van der Waals surface area contributed by atoms with E-state index in [2.05, 4.69) is 5.43 Å². The molecule has 0 aliphatic carbocycles. The molecule has 1 atom stereocenters. The molecule has 36 heavy (non-hydrogen) atoms. The third-order valence-electron chi connectivity index (χ3n) is 5.27. The van der Waals surface area contributed by atoms with Crippen molar-refractivity contribution < 1.29 is 19.5 Å². The highest BCUT2D eigenvalue weighted by atomic mass is 35.5. The lowest BCUT2D eigenvalue weighted by Crippen LogP contribution is -2.48. The first kappa shape index (κ1) is 29.1. The van der Waals surface area contributed by atoms with Crippen LogP contribution in [0.25, 0.3) is 0 Å². The molecule has 0 aliphatic heterocycles. The van der Waals surface area contributed by atoms with Crippen LogP contribution in [0.15, 0.2) is 48.5 Å². The van der Waals surface area contributed by atoms with Gasteiger partial charge in [-0.3, -0.25) is 29.7 Å². The van der Waals surface area contributed by atoms with Crippen LogP contribution in [0.3, 0.4) is 0 Å². The highest BCUT2D eigenvalue weighted by Gasteiger charge is 2.24. The number of hydrazine groups is 1. The maximum absolute atomic E-state index is 13.1. The van der Waals surface area contributed by atoms with E-state index in [4.69, 9.17) is 45.2 Å². The van der Waals surface area contributed by atoms with Crippen LogP contribution in [0.5, 0.6) is 0 Å². The van der Waals surface area contributed by atoms with Crippen LogP contribution in [0.1, 0.15) is 30.4 Å². The fourth-order valence-corrected chi connectivity index (χ4v) is 3.94. The third-order valence-corrected chi connectivity index (χ3v) is 5.71. The molecule has 0 aromatic heterocycles. The van der Waals surface area contributed by atoms with Crippen molar-refractivity contribution in [3.05, 3.63) is 69.7 Å². The predicted octanol–water partition coefficient (Wildman–Crippen LogP) is 2.37. The number of hydrogen-bond donors (Lipinski definition) is 5. The Morgan fingerprint density at radius 3 is 2.22 bits per heavy atom. The quantitative estimate of drug-likeness (QED) is 0.113. The van der Waals surface area contributed by atoms with E-state index in [-0.39, 0.29) is 32.5 Å². The van der Waals surface area contributed by atoms with Gasteiger partial charge in [-0.25, -0.2) is 5.43 Å². The van der Waals surface area contributed by atoms with Gasteiger partial charge in [-0.05, 0) is 48.6 Å². The molecule has 0 aliphatic rings. The van der Waals surface area contributed by atoms with Gasteiger partial charge in [0.05, 0.1) is 0 Å². The lowest BCUT2D eigenvalue weighted by Gasteiger charge is -2.26. The number of nitrogens with zero attached hydrogens (tertiary/aromatic N) is 2. The fourth-order valence-electron chi connectivity index (χ4n) is 3.37. The summed E-state index contributed by atoms with van der Waals surface area (Å²) in [5, 5.41) is 18.9. The van der Waals surface area contributed by atoms with Crippen LogP contribution in [0.4, 0.5) is 0 Å². The monoisotopic (exact) mass is 536 g/mol. The van der Waals surface area contributed by atoms with Gasteiger partial charge in [0.2, 0.25) is 11.8 Å². The minimum Gasteiger partial charge on any atom is -0.480 e. The second kappa shape index (κ2) is 14.4. The Hall–Kier alpha value is -3.18. The van der Waals surface area contributed by atoms with Gasteiger partial charge in [-0.15, -0.1) is 0 Å². The molecule has 0 heterocycles. The van der Waals surface area contributed by atoms with Crippen molar-refractivity contribution in [2.45, 2.75) is 38.3 Å². The van der Waals surface area contributed by atoms with Crippen LogP contribution in [0, 0.1) is 5.41 Å². The van der Waals surface area contributed by atoms with E-state index >= 15 is 0 Å². The van der Waals surface area contributed by atoms with Crippen LogP contribution in [-0.2, 0) is 27.3 Å². The summed E-state index contributed by atoms with van der Waals surface area (Å²) in [7, 11) is 0. The lowest BCUT2D eigenvalue weighted by atomic mass is 10.1. The van der Waals surface area contributed by atoms with Gasteiger partial charge in [-0.2, -0.15) is 0 Å². The molecule has 0 saturated carbocycles. The molecule has 0 radical (unpaired) electrons. The summed E-state index contributed by atoms with van der Waals surface area (Å²) >= 11 is 12.1. The predicted molar refractivity (Wildman–Crippen MR) is 138 cm³/mol. The number of aliphatic carboxylic acids is 1. The number of nitrogens with one attached hydrogen (secondary N) is 2. The number of amides is 2. The highest BCUT2D eigenvalue weighted by molar-refractivity contribution is 6.34. The van der Waals surface area contributed by atoms with Crippen LogP contribution < -0.4 is 16.9 Å². The van der Waals surface area contributed by atoms with E-state index in [1.165, 1.54) is 5.01 Å². The number of benzene rings is 2. The molecule has 1 unspecified atom stereocenters. The molecule has 2 amide bonds. The molecular weight excluding hydrogens is 507 g/mol. The van der Waals surface area contributed by atoms with Gasteiger partial charge in [0.15, 0.2) is 5.96 Å². The number of carboxylic acids is 1. The van der Waals surface area contributed by atoms with E-state index in [1.54, 1.807) is 18.2 Å². The Balaban J connectivity index is 2.06. The summed E-state index contributed by atoms with van der Waals surface area (Å²) < 4.78 is 0. The largest absolute Gasteiger partial charge is 0.480 e. The van der Waals surface area contributed by atoms with Crippen molar-refractivity contribution in [3.63, 3.8) is 0 Å². The number of guanidine groups is 1. The average molecular weight is 537 g/mol. The number of hydrogen-bond acceptors (Lipinski definition) is 6. The van der Waals surface area contributed by atoms with Crippen LogP contribution in [-0.4, -0.2) is 57.9 Å². The van der Waals surface area contributed by atoms with Crippen molar-refractivity contribution >= 4 is 46.9 Å². The second-order valence-electron chi connectivity index (χ2n) is 8.09. The van der Waals surface area contributed by atoms with E-state index in [0.29, 0.717) is 16.5 Å². The Bertz CT molecular complexity index is 1050. The van der Waals surface area contributed by atoms with Crippen molar-refractivity contribution in [3.8, 4) is 0 Å². The number of rotatable bonds is 13. The fraction of sp³-hybridized carbons (Fsp3) is 0.333. The standard InChI is InChI=1S/C24H30Cl2N6O4/c25-18-11-17(12-19(26)13-18)15-30-32(10-8-16-5-2-1-3-6-16)22(34)14-21(33)31(24(28)29)9-4-7-20(27)23(35)36/h1-3,5-6,11-13,20,30H,4,7-10,14-15,27H2,(H3,28,29)(H,35,36). The molecule has 2 aromatic carbocycles. The van der Waals surface area contributed by atoms with Gasteiger partial charge in [0.1, 0.15) is 12.5 Å². The molecular formula is C24H30Cl2N6O4. The van der Waals surface area contributed by atoms with Gasteiger partial charge in [-0.1, -0.05) is 53.5 Å². The van der Waals surface area contributed by atoms with Crippen molar-refractivity contribution in [2.75, 3.05) is 13.1 Å². The van der Waals surface area contributed by atoms with E-state index in [9.17, 15) is 14.4 Å². The summed E-state index contributed by atoms with van der Waals surface area (Å²) in [5.41, 5.74) is 15.8. The average Bonchev–Trinajstić information content (AvgIpc) is 2.81. The summed E-state index contributed by atoms with van der Waals surface area (Å²) in [6.45, 7) is 0.483. The van der Waals surface area contributed by atoms with Gasteiger partial charge < -0.3 is 16.6 Å². The SMILES string of the molecule is N=C(N)N(CCCC(N)C(=O)O)C(=O)CC(=O)N(CCc1ccccc1)NCc1cc(Cl)cc(Cl)c1. The van der Waals surface area contributed by atoms with Gasteiger partial charge >= 0.3 is 5.97 Å². The minimum absolute atomic E-state index is 0.0269. The first-order valence-corrected chi connectivity index (χ1v) is 12.0. The number of carbonyl (C=O) groups excluding carboxylic acids is 2. The van der Waals surface area contributed by atoms with E-state index in [1.807, 2.05) is 30.3 Å². The van der Waals surface area contributed by atoms with Gasteiger partial charge in [0, 0.05) is 29.7 Å². The van der Waals surface area contributed by atoms with Crippen LogP contribution >= 0.6 is 23.2 Å². The summed E-state index contributed by atoms with van der Waals surface area (Å²) in [6, 6.07) is 13.5. The molecule has 0 bridgehead atoms. The van der Waals surface area contributed by atoms with E-state index in [0.717, 1.165) is 16.0 Å². The topological polar surface area (TPSA) is 166 Å². The summed E-state index contributed by atoms with van der Waals surface area (Å²) in [5.74, 6) is -2.88. The zero-order valence-corrected chi connectivity index (χ0v) is 21.1. The molecule has 2 aromatic rings. The maximum Gasteiger partial charge on any atom is 0.320 e. The van der Waals surface area contributed by atoms with Gasteiger partial charge in [0.25, 0.3) is 0 Å². The Labute approximate surface area is 219 Å². The minimum atomic E-state index is -1.16. The number of carboxylic acid groups (broad SMARTS) is 1. The number of halogens is 2. The Morgan fingerprint density at radius 1 is 1.00 bits per heavy atom. The summed E-state index contributed by atoms with van der Waals surface area (Å²) in [4.78, 5) is 37.7. The molecule has 0 saturated heterocycles. The van der Waals surface area contributed by atoms with E-state index < -0.39 is 36.2 Å². The zero-order valence-electron chi connectivity index (χ0n) is 19.6. The van der Waals surface area contributed by atoms with Crippen LogP contribution in [0.2, 0.25) is 10.0 Å². The van der Waals surface area contributed by atoms with Crippen molar-refractivity contribution in [2.24, 2.45) is 11.5 Å². The second-order valence-corrected chi connectivity index (χ2v) is 8.96. The smallest absolute Gasteiger partial charge is 0.320 e. The molecule has 0 fully saturated rings. The molecule has 12 heteroatoms. The molecule has 194 valence electrons. The first-order chi connectivity index (χ1) is 17.1. The number of nitrogens with two attached hydrogens (primary N) is 2. The molecule has 10 nitrogen and oxygen atoms in total. The van der Waals surface area contributed by atoms with Crippen molar-refractivity contribution in [1.29, 1.82) is 5.41 Å². The zero-order chi connectivity index (χ0) is 26.7. The Morgan fingerprint density at radius 2 is 1.64 bits per heavy atom. The molecule has 2 rings (SSSR count). The first-order valence-electron chi connectivity index (χ1n) is 11.2. The van der Waals surface area contributed by atoms with Crippen molar-refractivity contribution in [1.82, 2.24) is 15.3 Å². The molecule has 0 spiro atoms. The normalized spacial score (nSPS) is 11.5. The number of carbonyl (C=O) groups is 3. The molecule has 7 N–H and O–H groups in total. The highest BCUT2D eigenvalue weighted by Crippen LogP contribution is 2.19. The maximum atomic E-state index is 13.1. The lowest BCUT2D eigenvalue weighted by molar-refractivity contribution is -0.141. The Kier molecular flexibility index (Phi) is 11.6.